The zero-order valence-corrected chi connectivity index (χ0v) is 17.5. The number of thioether (sulfide) groups is 1. The summed E-state index contributed by atoms with van der Waals surface area (Å²) in [4.78, 5) is 24.2. The summed E-state index contributed by atoms with van der Waals surface area (Å²) in [5, 5.41) is 13.6. The Kier molecular flexibility index (Phi) is 6.45. The number of amides is 1. The number of nitrogens with zero attached hydrogens (tertiary/aromatic N) is 3. The normalized spacial score (nSPS) is 10.7. The average Bonchev–Trinajstić information content (AvgIpc) is 3.26. The molecule has 0 aliphatic heterocycles. The fraction of sp³-hybridized carbons (Fsp3) is 0.125. The van der Waals surface area contributed by atoms with E-state index in [0.717, 1.165) is 11.8 Å². The Bertz CT molecular complexity index is 1040. The minimum atomic E-state index is -0.510. The molecule has 3 N–H and O–H groups in total. The Hall–Kier alpha value is -2.27. The van der Waals surface area contributed by atoms with Gasteiger partial charge in [0.15, 0.2) is 5.82 Å². The van der Waals surface area contributed by atoms with Gasteiger partial charge in [0, 0.05) is 10.6 Å². The van der Waals surface area contributed by atoms with E-state index in [1.165, 1.54) is 23.1 Å². The maximum absolute atomic E-state index is 12.2. The molecule has 0 aliphatic carbocycles. The Labute approximate surface area is 177 Å². The van der Waals surface area contributed by atoms with Crippen molar-refractivity contribution in [2.24, 2.45) is 0 Å². The van der Waals surface area contributed by atoms with Gasteiger partial charge in [0.25, 0.3) is 0 Å². The number of rotatable bonds is 6. The second kappa shape index (κ2) is 8.82. The number of carbonyl (C=O) groups excluding carboxylic acids is 2. The van der Waals surface area contributed by atoms with Gasteiger partial charge in [0.05, 0.1) is 23.6 Å². The van der Waals surface area contributed by atoms with Crippen LogP contribution in [0.2, 0.25) is 10.0 Å². The van der Waals surface area contributed by atoms with Gasteiger partial charge in [-0.15, -0.1) is 21.5 Å². The number of hydrogen-bond donors (Lipinski definition) is 2. The van der Waals surface area contributed by atoms with Gasteiger partial charge in [-0.05, 0) is 29.6 Å². The SMILES string of the molecule is COC(=O)c1sccc1NC(=O)CSc1nnc(-c2ccc(Cl)cc2Cl)n1N. The van der Waals surface area contributed by atoms with Gasteiger partial charge in [-0.1, -0.05) is 35.0 Å². The van der Waals surface area contributed by atoms with Crippen LogP contribution >= 0.6 is 46.3 Å². The summed E-state index contributed by atoms with van der Waals surface area (Å²) >= 11 is 14.3. The number of aromatic nitrogens is 3. The molecule has 0 saturated carbocycles. The molecule has 8 nitrogen and oxygen atoms in total. The van der Waals surface area contributed by atoms with Crippen molar-refractivity contribution in [1.29, 1.82) is 0 Å². The lowest BCUT2D eigenvalue weighted by molar-refractivity contribution is -0.113. The number of ether oxygens (including phenoxy) is 1. The van der Waals surface area contributed by atoms with E-state index in [0.29, 0.717) is 37.2 Å². The van der Waals surface area contributed by atoms with Crippen molar-refractivity contribution >= 4 is 63.9 Å². The van der Waals surface area contributed by atoms with Crippen molar-refractivity contribution in [3.63, 3.8) is 0 Å². The Balaban J connectivity index is 1.67. The number of esters is 1. The number of thiophene rings is 1. The molecule has 0 aliphatic rings. The lowest BCUT2D eigenvalue weighted by Gasteiger charge is -2.07. The Morgan fingerprint density at radius 1 is 1.32 bits per heavy atom. The minimum Gasteiger partial charge on any atom is -0.465 e. The molecule has 146 valence electrons. The third kappa shape index (κ3) is 4.41. The molecule has 12 heteroatoms. The van der Waals surface area contributed by atoms with Crippen molar-refractivity contribution in [2.75, 3.05) is 24.0 Å². The molecule has 3 aromatic rings. The first-order chi connectivity index (χ1) is 13.4. The highest BCUT2D eigenvalue weighted by Gasteiger charge is 2.18. The molecule has 0 fully saturated rings. The molecule has 0 saturated heterocycles. The van der Waals surface area contributed by atoms with Crippen LogP contribution in [0, 0.1) is 0 Å². The van der Waals surface area contributed by atoms with Gasteiger partial charge in [-0.25, -0.2) is 9.47 Å². The first-order valence-electron chi connectivity index (χ1n) is 7.65. The van der Waals surface area contributed by atoms with E-state index in [4.69, 9.17) is 29.0 Å². The molecule has 0 unspecified atom stereocenters. The minimum absolute atomic E-state index is 0.0140. The van der Waals surface area contributed by atoms with E-state index < -0.39 is 5.97 Å². The van der Waals surface area contributed by atoms with Gasteiger partial charge in [0.1, 0.15) is 4.88 Å². The quantitative estimate of drug-likeness (QED) is 0.330. The van der Waals surface area contributed by atoms with Crippen LogP contribution in [0.25, 0.3) is 11.4 Å². The first-order valence-corrected chi connectivity index (χ1v) is 10.3. The van der Waals surface area contributed by atoms with Crippen molar-refractivity contribution in [3.05, 3.63) is 44.6 Å². The molecule has 1 aromatic carbocycles. The summed E-state index contributed by atoms with van der Waals surface area (Å²) in [5.41, 5.74) is 0.962. The van der Waals surface area contributed by atoms with Crippen molar-refractivity contribution < 1.29 is 14.3 Å². The highest BCUT2D eigenvalue weighted by atomic mass is 35.5. The van der Waals surface area contributed by atoms with E-state index in [1.54, 1.807) is 29.6 Å². The lowest BCUT2D eigenvalue weighted by Crippen LogP contribution is -2.17. The number of hydrogen-bond acceptors (Lipinski definition) is 8. The van der Waals surface area contributed by atoms with Gasteiger partial charge >= 0.3 is 5.97 Å². The molecule has 0 bridgehead atoms. The molecule has 0 atom stereocenters. The fourth-order valence-corrected chi connectivity index (χ4v) is 4.12. The maximum Gasteiger partial charge on any atom is 0.350 e. The summed E-state index contributed by atoms with van der Waals surface area (Å²) in [6.07, 6.45) is 0. The number of nitrogen functional groups attached to an aromatic ring is 1. The standard InChI is InChI=1S/C16H13Cl2N5O3S2/c1-26-15(25)13-11(4-5-27-13)20-12(24)7-28-16-22-21-14(23(16)19)9-3-2-8(17)6-10(9)18/h2-6H,7,19H2,1H3,(H,20,24). The topological polar surface area (TPSA) is 112 Å². The molecule has 2 aromatic heterocycles. The number of nitrogens with two attached hydrogens (primary N) is 1. The summed E-state index contributed by atoms with van der Waals surface area (Å²) in [7, 11) is 1.28. The van der Waals surface area contributed by atoms with Crippen LogP contribution in [0.3, 0.4) is 0 Å². The first kappa shape index (κ1) is 20.5. The second-order valence-corrected chi connectivity index (χ2v) is 7.99. The molecular weight excluding hydrogens is 445 g/mol. The van der Waals surface area contributed by atoms with E-state index in [-0.39, 0.29) is 11.7 Å². The number of nitrogens with one attached hydrogen (secondary N) is 1. The molecule has 0 radical (unpaired) electrons. The summed E-state index contributed by atoms with van der Waals surface area (Å²) in [6, 6.07) is 6.56. The van der Waals surface area contributed by atoms with E-state index >= 15 is 0 Å². The third-order valence-electron chi connectivity index (χ3n) is 3.48. The van der Waals surface area contributed by atoms with Crippen molar-refractivity contribution in [3.8, 4) is 11.4 Å². The van der Waals surface area contributed by atoms with Crippen LogP contribution in [-0.4, -0.2) is 39.6 Å². The second-order valence-electron chi connectivity index (χ2n) is 5.29. The molecule has 3 rings (SSSR count). The molecule has 0 spiro atoms. The van der Waals surface area contributed by atoms with Crippen molar-refractivity contribution in [1.82, 2.24) is 14.9 Å². The predicted molar refractivity (Wildman–Crippen MR) is 111 cm³/mol. The van der Waals surface area contributed by atoms with Crippen LogP contribution < -0.4 is 11.2 Å². The smallest absolute Gasteiger partial charge is 0.350 e. The lowest BCUT2D eigenvalue weighted by atomic mass is 10.2. The van der Waals surface area contributed by atoms with Gasteiger partial charge in [0.2, 0.25) is 11.1 Å². The summed E-state index contributed by atoms with van der Waals surface area (Å²) in [5.74, 6) is 5.55. The third-order valence-corrected chi connectivity index (χ3v) is 5.86. The van der Waals surface area contributed by atoms with Crippen LogP contribution in [0.5, 0.6) is 0 Å². The number of benzene rings is 1. The fourth-order valence-electron chi connectivity index (χ4n) is 2.20. The molecule has 1 amide bonds. The van der Waals surface area contributed by atoms with Gasteiger partial charge in [-0.3, -0.25) is 4.79 Å². The maximum atomic E-state index is 12.2. The molecule has 28 heavy (non-hydrogen) atoms. The zero-order valence-electron chi connectivity index (χ0n) is 14.3. The monoisotopic (exact) mass is 457 g/mol. The highest BCUT2D eigenvalue weighted by molar-refractivity contribution is 7.99. The highest BCUT2D eigenvalue weighted by Crippen LogP contribution is 2.30. The average molecular weight is 458 g/mol. The van der Waals surface area contributed by atoms with Gasteiger partial charge < -0.3 is 15.9 Å². The van der Waals surface area contributed by atoms with E-state index in [2.05, 4.69) is 20.3 Å². The van der Waals surface area contributed by atoms with Gasteiger partial charge in [-0.2, -0.15) is 0 Å². The number of anilines is 1. The number of halogens is 2. The van der Waals surface area contributed by atoms with Crippen LogP contribution in [-0.2, 0) is 9.53 Å². The Morgan fingerprint density at radius 3 is 2.82 bits per heavy atom. The largest absolute Gasteiger partial charge is 0.465 e. The zero-order chi connectivity index (χ0) is 20.3. The van der Waals surface area contributed by atoms with Crippen LogP contribution in [0.15, 0.2) is 34.8 Å². The molecule has 2 heterocycles. The predicted octanol–water partition coefficient (Wildman–Crippen LogP) is 3.54. The van der Waals surface area contributed by atoms with Crippen LogP contribution in [0.1, 0.15) is 9.67 Å². The summed E-state index contributed by atoms with van der Waals surface area (Å²) < 4.78 is 5.93. The van der Waals surface area contributed by atoms with Crippen molar-refractivity contribution in [2.45, 2.75) is 5.16 Å². The Morgan fingerprint density at radius 2 is 2.11 bits per heavy atom. The number of methoxy groups -OCH3 is 1. The number of carbonyl (C=O) groups is 2. The van der Waals surface area contributed by atoms with E-state index in [9.17, 15) is 9.59 Å². The van der Waals surface area contributed by atoms with Crippen LogP contribution in [0.4, 0.5) is 5.69 Å². The summed E-state index contributed by atoms with van der Waals surface area (Å²) in [6.45, 7) is 0. The molecular formula is C16H13Cl2N5O3S2. The van der Waals surface area contributed by atoms with E-state index in [1.807, 2.05) is 0 Å².